The van der Waals surface area contributed by atoms with Gasteiger partial charge in [0.2, 0.25) is 16.3 Å². The molecule has 0 bridgehead atoms. The van der Waals surface area contributed by atoms with E-state index in [1.165, 1.54) is 0 Å². The van der Waals surface area contributed by atoms with Gasteiger partial charge in [-0.3, -0.25) is 9.35 Å². The highest BCUT2D eigenvalue weighted by atomic mass is 32.3. The largest absolute Gasteiger partial charge is 0.726 e. The van der Waals surface area contributed by atoms with Gasteiger partial charge in [-0.2, -0.15) is 0 Å². The topological polar surface area (TPSA) is 149 Å². The van der Waals surface area contributed by atoms with Crippen molar-refractivity contribution in [2.75, 3.05) is 18.9 Å². The predicted molar refractivity (Wildman–Crippen MR) is 105 cm³/mol. The molecule has 3 rings (SSSR count). The number of para-hydroxylation sites is 1. The maximum atomic E-state index is 11.9. The normalized spacial score (nSPS) is 11.5. The molecule has 1 amide bonds. The van der Waals surface area contributed by atoms with Gasteiger partial charge in [0.1, 0.15) is 5.52 Å². The molecule has 0 unspecified atom stereocenters. The van der Waals surface area contributed by atoms with Crippen molar-refractivity contribution in [3.63, 3.8) is 0 Å². The molecule has 0 spiro atoms. The molecule has 2 heterocycles. The summed E-state index contributed by atoms with van der Waals surface area (Å²) in [6, 6.07) is 7.94. The van der Waals surface area contributed by atoms with Gasteiger partial charge in [-0.05, 0) is 19.0 Å². The van der Waals surface area contributed by atoms with Crippen molar-refractivity contribution in [1.29, 1.82) is 0 Å². The van der Waals surface area contributed by atoms with E-state index in [9.17, 15) is 4.79 Å². The first-order chi connectivity index (χ1) is 13.1. The lowest BCUT2D eigenvalue weighted by molar-refractivity contribution is -0.115. The quantitative estimate of drug-likeness (QED) is 0.424. The van der Waals surface area contributed by atoms with Crippen LogP contribution in [-0.2, 0) is 21.7 Å². The number of imidazole rings is 1. The maximum absolute atomic E-state index is 11.9. The molecule has 0 aliphatic heterocycles. The molecular weight excluding hydrogens is 386 g/mol. The first-order valence-corrected chi connectivity index (χ1v) is 9.83. The van der Waals surface area contributed by atoms with E-state index in [-0.39, 0.29) is 12.5 Å². The number of nitrogens with one attached hydrogen (secondary N) is 2. The molecule has 0 atom stereocenters. The summed E-state index contributed by atoms with van der Waals surface area (Å²) in [5, 5.41) is 6.74. The lowest BCUT2D eigenvalue weighted by Crippen LogP contribution is -2.25. The van der Waals surface area contributed by atoms with Crippen molar-refractivity contribution in [3.05, 3.63) is 30.6 Å². The smallest absolute Gasteiger partial charge is 0.239 e. The van der Waals surface area contributed by atoms with Crippen LogP contribution in [0, 0.1) is 5.92 Å². The molecule has 0 fully saturated rings. The van der Waals surface area contributed by atoms with Crippen molar-refractivity contribution in [3.8, 4) is 0 Å². The Kier molecular flexibility index (Phi) is 7.02. The molecule has 3 aromatic rings. The molecule has 152 valence electrons. The molecule has 0 saturated heterocycles. The number of hydrogen-bond acceptors (Lipinski definition) is 7. The number of carbonyl (C=O) groups excluding carboxylic acids is 1. The molecule has 3 N–H and O–H groups in total. The number of amides is 1. The van der Waals surface area contributed by atoms with Crippen molar-refractivity contribution < 1.29 is 22.3 Å². The molecule has 11 heteroatoms. The Labute approximate surface area is 162 Å². The Balaban J connectivity index is 0.000000500. The molecule has 0 saturated carbocycles. The first-order valence-electron chi connectivity index (χ1n) is 8.46. The van der Waals surface area contributed by atoms with E-state index < -0.39 is 10.4 Å². The van der Waals surface area contributed by atoms with Crippen LogP contribution in [-0.4, -0.2) is 51.6 Å². The highest BCUT2D eigenvalue weighted by Gasteiger charge is 2.15. The van der Waals surface area contributed by atoms with E-state index in [2.05, 4.69) is 39.0 Å². The van der Waals surface area contributed by atoms with Crippen molar-refractivity contribution in [2.45, 2.75) is 20.4 Å². The summed E-state index contributed by atoms with van der Waals surface area (Å²) >= 11 is 0. The third-order valence-corrected chi connectivity index (χ3v) is 3.61. The number of fused-ring (bicyclic) bond motifs is 3. The zero-order chi connectivity index (χ0) is 20.9. The summed E-state index contributed by atoms with van der Waals surface area (Å²) in [4.78, 5) is 21.0. The standard InChI is InChI=1S/C17H21N5O.H2O4S/c1-11(2)9-22-10-19-15-16(22)12-6-4-5-7-13(12)20-17(15)21-14(23)8-18-3;1-5(2,3)4/h4-7,10-11,18H,8-9H2,1-3H3,(H,20,21,23);(H2,1,2,3,4)/p-1. The summed E-state index contributed by atoms with van der Waals surface area (Å²) in [6.45, 7) is 5.45. The molecule has 0 aliphatic carbocycles. The van der Waals surface area contributed by atoms with Crippen LogP contribution in [0.5, 0.6) is 0 Å². The molecular formula is C17H22N5O5S-. The van der Waals surface area contributed by atoms with E-state index in [4.69, 9.17) is 17.5 Å². The summed E-state index contributed by atoms with van der Waals surface area (Å²) in [5.74, 6) is 0.887. The van der Waals surface area contributed by atoms with E-state index in [0.717, 1.165) is 28.5 Å². The van der Waals surface area contributed by atoms with Gasteiger partial charge in [0.05, 0.1) is 23.9 Å². The fraction of sp³-hybridized carbons (Fsp3) is 0.353. The van der Waals surface area contributed by atoms with Crippen LogP contribution in [0.1, 0.15) is 13.8 Å². The summed E-state index contributed by atoms with van der Waals surface area (Å²) in [6.07, 6.45) is 1.83. The van der Waals surface area contributed by atoms with E-state index in [0.29, 0.717) is 11.7 Å². The number of benzene rings is 1. The van der Waals surface area contributed by atoms with Crippen LogP contribution in [0.15, 0.2) is 30.6 Å². The highest BCUT2D eigenvalue weighted by Crippen LogP contribution is 2.29. The Hall–Kier alpha value is -2.60. The summed E-state index contributed by atoms with van der Waals surface area (Å²) in [5.41, 5.74) is 2.60. The third kappa shape index (κ3) is 5.96. The Morgan fingerprint density at radius 2 is 1.96 bits per heavy atom. The number of pyridine rings is 1. The van der Waals surface area contributed by atoms with Crippen molar-refractivity contribution in [1.82, 2.24) is 19.9 Å². The predicted octanol–water partition coefficient (Wildman–Crippen LogP) is 1.40. The van der Waals surface area contributed by atoms with Crippen LogP contribution in [0.3, 0.4) is 0 Å². The van der Waals surface area contributed by atoms with Crippen molar-refractivity contribution >= 4 is 44.1 Å². The van der Waals surface area contributed by atoms with Crippen LogP contribution >= 0.6 is 0 Å². The van der Waals surface area contributed by atoms with E-state index in [1.54, 1.807) is 7.05 Å². The van der Waals surface area contributed by atoms with Gasteiger partial charge in [-0.25, -0.2) is 18.4 Å². The average molecular weight is 408 g/mol. The monoisotopic (exact) mass is 408 g/mol. The number of carbonyl (C=O) groups is 1. The Morgan fingerprint density at radius 1 is 1.32 bits per heavy atom. The van der Waals surface area contributed by atoms with Crippen LogP contribution in [0.25, 0.3) is 21.9 Å². The lowest BCUT2D eigenvalue weighted by atomic mass is 10.1. The van der Waals surface area contributed by atoms with Crippen LogP contribution in [0.4, 0.5) is 5.82 Å². The van der Waals surface area contributed by atoms with Gasteiger partial charge in [0.25, 0.3) is 0 Å². The number of aromatic nitrogens is 3. The fourth-order valence-corrected chi connectivity index (χ4v) is 2.74. The first kappa shape index (κ1) is 21.7. The van der Waals surface area contributed by atoms with Crippen molar-refractivity contribution in [2.24, 2.45) is 5.92 Å². The fourth-order valence-electron chi connectivity index (χ4n) is 2.74. The summed E-state index contributed by atoms with van der Waals surface area (Å²) in [7, 11) is -3.18. The number of nitrogens with zero attached hydrogens (tertiary/aromatic N) is 3. The Bertz CT molecular complexity index is 1070. The van der Waals surface area contributed by atoms with Crippen LogP contribution < -0.4 is 10.6 Å². The second-order valence-corrected chi connectivity index (χ2v) is 7.33. The van der Waals surface area contributed by atoms with Gasteiger partial charge in [-0.1, -0.05) is 32.0 Å². The average Bonchev–Trinajstić information content (AvgIpc) is 2.97. The molecule has 10 nitrogen and oxygen atoms in total. The number of hydrogen-bond donors (Lipinski definition) is 3. The zero-order valence-electron chi connectivity index (χ0n) is 15.7. The maximum Gasteiger partial charge on any atom is 0.239 e. The van der Waals surface area contributed by atoms with Crippen LogP contribution in [0.2, 0.25) is 0 Å². The zero-order valence-corrected chi connectivity index (χ0v) is 16.5. The highest BCUT2D eigenvalue weighted by molar-refractivity contribution is 7.79. The summed E-state index contributed by atoms with van der Waals surface area (Å²) < 4.78 is 35.0. The molecule has 0 aliphatic rings. The minimum absolute atomic E-state index is 0.130. The second-order valence-electron chi connectivity index (χ2n) is 6.47. The van der Waals surface area contributed by atoms with E-state index in [1.807, 2.05) is 30.6 Å². The molecule has 28 heavy (non-hydrogen) atoms. The Morgan fingerprint density at radius 3 is 2.57 bits per heavy atom. The third-order valence-electron chi connectivity index (χ3n) is 3.61. The van der Waals surface area contributed by atoms with Gasteiger partial charge in [0.15, 0.2) is 5.82 Å². The van der Waals surface area contributed by atoms with Gasteiger partial charge in [0, 0.05) is 11.9 Å². The van der Waals surface area contributed by atoms with Gasteiger partial charge < -0.3 is 19.8 Å². The second kappa shape index (κ2) is 9.06. The molecule has 2 aromatic heterocycles. The molecule has 1 aromatic carbocycles. The van der Waals surface area contributed by atoms with Gasteiger partial charge in [-0.15, -0.1) is 0 Å². The minimum Gasteiger partial charge on any atom is -0.726 e. The SMILES string of the molecule is CNCC(=O)Nc1nc2ccccc2c2c1ncn2CC(C)C.O=S(=O)([O-])O. The number of rotatable bonds is 5. The lowest BCUT2D eigenvalue weighted by Gasteiger charge is -2.11. The number of anilines is 1. The molecule has 0 radical (unpaired) electrons. The number of likely N-dealkylation sites (N-methyl/N-ethyl adjacent to an activating group) is 1. The minimum atomic E-state index is -4.92. The van der Waals surface area contributed by atoms with Gasteiger partial charge >= 0.3 is 0 Å². The van der Waals surface area contributed by atoms with E-state index >= 15 is 0 Å².